The molecule has 0 spiro atoms. The maximum absolute atomic E-state index is 11.4. The highest BCUT2D eigenvalue weighted by Gasteiger charge is 2.15. The van der Waals surface area contributed by atoms with Crippen molar-refractivity contribution in [2.75, 3.05) is 25.6 Å². The van der Waals surface area contributed by atoms with E-state index in [-0.39, 0.29) is 24.3 Å². The van der Waals surface area contributed by atoms with Gasteiger partial charge in [-0.25, -0.2) is 0 Å². The molecule has 0 radical (unpaired) electrons. The monoisotopic (exact) mass is 269 g/mol. The molecule has 18 heavy (non-hydrogen) atoms. The van der Waals surface area contributed by atoms with Crippen LogP contribution in [-0.2, 0) is 9.53 Å². The third-order valence-electron chi connectivity index (χ3n) is 2.79. The van der Waals surface area contributed by atoms with Gasteiger partial charge in [-0.2, -0.15) is 0 Å². The molecule has 0 aromatic heterocycles. The van der Waals surface area contributed by atoms with Gasteiger partial charge < -0.3 is 9.64 Å². The Hall–Kier alpha value is -1.48. The third-order valence-corrected chi connectivity index (χ3v) is 2.79. The number of anilines is 1. The number of hydrogen-bond acceptors (Lipinski definition) is 3. The molecule has 4 heteroatoms. The molecule has 1 aromatic rings. The summed E-state index contributed by atoms with van der Waals surface area (Å²) >= 11 is 0. The minimum absolute atomic E-state index is 0. The van der Waals surface area contributed by atoms with Gasteiger partial charge in [0.15, 0.2) is 0 Å². The van der Waals surface area contributed by atoms with E-state index in [1.807, 2.05) is 44.3 Å². The zero-order valence-corrected chi connectivity index (χ0v) is 11.9. The van der Waals surface area contributed by atoms with Crippen molar-refractivity contribution in [2.45, 2.75) is 12.8 Å². The van der Waals surface area contributed by atoms with Crippen molar-refractivity contribution in [2.24, 2.45) is 0 Å². The van der Waals surface area contributed by atoms with Gasteiger partial charge in [0.25, 0.3) is 0 Å². The molecule has 0 amide bonds. The maximum atomic E-state index is 11.4. The molecular formula is C14H20ClNO2. The SMILES string of the molecule is C=CCN(C)c1ccc(C(C)C(=O)OC)cc1.Cl. The van der Waals surface area contributed by atoms with Gasteiger partial charge >= 0.3 is 5.97 Å². The van der Waals surface area contributed by atoms with Crippen LogP contribution in [0.3, 0.4) is 0 Å². The van der Waals surface area contributed by atoms with Crippen LogP contribution in [0.2, 0.25) is 0 Å². The number of ether oxygens (including phenoxy) is 1. The molecule has 0 N–H and O–H groups in total. The van der Waals surface area contributed by atoms with Crippen LogP contribution >= 0.6 is 12.4 Å². The minimum Gasteiger partial charge on any atom is -0.469 e. The van der Waals surface area contributed by atoms with Crippen LogP contribution in [0.15, 0.2) is 36.9 Å². The van der Waals surface area contributed by atoms with E-state index in [0.29, 0.717) is 0 Å². The Labute approximate surface area is 115 Å². The van der Waals surface area contributed by atoms with Crippen LogP contribution in [0, 0.1) is 0 Å². The second-order valence-electron chi connectivity index (χ2n) is 4.01. The van der Waals surface area contributed by atoms with Gasteiger partial charge in [-0.3, -0.25) is 4.79 Å². The second kappa shape index (κ2) is 7.77. The molecule has 0 aliphatic rings. The lowest BCUT2D eigenvalue weighted by Crippen LogP contribution is -2.16. The first-order valence-electron chi connectivity index (χ1n) is 5.60. The highest BCUT2D eigenvalue weighted by molar-refractivity contribution is 5.85. The van der Waals surface area contributed by atoms with Crippen LogP contribution in [-0.4, -0.2) is 26.7 Å². The smallest absolute Gasteiger partial charge is 0.312 e. The lowest BCUT2D eigenvalue weighted by Gasteiger charge is -2.18. The van der Waals surface area contributed by atoms with E-state index in [2.05, 4.69) is 11.5 Å². The molecule has 100 valence electrons. The summed E-state index contributed by atoms with van der Waals surface area (Å²) < 4.78 is 4.72. The van der Waals surface area contributed by atoms with Gasteiger partial charge in [-0.1, -0.05) is 18.2 Å². The van der Waals surface area contributed by atoms with E-state index in [1.165, 1.54) is 7.11 Å². The molecule has 0 saturated carbocycles. The van der Waals surface area contributed by atoms with E-state index >= 15 is 0 Å². The summed E-state index contributed by atoms with van der Waals surface area (Å²) in [6.45, 7) is 6.34. The number of likely N-dealkylation sites (N-methyl/N-ethyl adjacent to an activating group) is 1. The van der Waals surface area contributed by atoms with Crippen molar-refractivity contribution < 1.29 is 9.53 Å². The van der Waals surface area contributed by atoms with E-state index < -0.39 is 0 Å². The number of esters is 1. The van der Waals surface area contributed by atoms with Gasteiger partial charge in [0.2, 0.25) is 0 Å². The van der Waals surface area contributed by atoms with Crippen molar-refractivity contribution in [1.82, 2.24) is 0 Å². The average Bonchev–Trinajstić information content (AvgIpc) is 2.37. The second-order valence-corrected chi connectivity index (χ2v) is 4.01. The summed E-state index contributed by atoms with van der Waals surface area (Å²) in [6, 6.07) is 7.91. The van der Waals surface area contributed by atoms with Crippen molar-refractivity contribution in [1.29, 1.82) is 0 Å². The normalized spacial score (nSPS) is 11.1. The molecule has 1 atom stereocenters. The fourth-order valence-electron chi connectivity index (χ4n) is 1.63. The van der Waals surface area contributed by atoms with Gasteiger partial charge in [0.1, 0.15) is 0 Å². The molecule has 0 heterocycles. The van der Waals surface area contributed by atoms with Crippen LogP contribution in [0.4, 0.5) is 5.69 Å². The summed E-state index contributed by atoms with van der Waals surface area (Å²) in [5.41, 5.74) is 2.07. The van der Waals surface area contributed by atoms with Crippen LogP contribution in [0.25, 0.3) is 0 Å². The fraction of sp³-hybridized carbons (Fsp3) is 0.357. The zero-order valence-electron chi connectivity index (χ0n) is 11.1. The summed E-state index contributed by atoms with van der Waals surface area (Å²) in [4.78, 5) is 13.5. The fourth-order valence-corrected chi connectivity index (χ4v) is 1.63. The number of nitrogens with zero attached hydrogens (tertiary/aromatic N) is 1. The lowest BCUT2D eigenvalue weighted by atomic mass is 10.0. The van der Waals surface area contributed by atoms with E-state index in [9.17, 15) is 4.79 Å². The third kappa shape index (κ3) is 4.08. The Bertz CT molecular complexity index is 389. The molecule has 0 bridgehead atoms. The van der Waals surface area contributed by atoms with Crippen molar-refractivity contribution in [3.63, 3.8) is 0 Å². The number of hydrogen-bond donors (Lipinski definition) is 0. The first-order valence-corrected chi connectivity index (χ1v) is 5.60. The van der Waals surface area contributed by atoms with Gasteiger partial charge in [0.05, 0.1) is 13.0 Å². The predicted molar refractivity (Wildman–Crippen MR) is 77.6 cm³/mol. The molecule has 0 aliphatic carbocycles. The molecular weight excluding hydrogens is 250 g/mol. The molecule has 1 unspecified atom stereocenters. The Kier molecular flexibility index (Phi) is 7.13. The van der Waals surface area contributed by atoms with Gasteiger partial charge in [-0.15, -0.1) is 19.0 Å². The molecule has 0 fully saturated rings. The van der Waals surface area contributed by atoms with Crippen LogP contribution in [0.1, 0.15) is 18.4 Å². The first kappa shape index (κ1) is 16.5. The van der Waals surface area contributed by atoms with Gasteiger partial charge in [-0.05, 0) is 24.6 Å². The molecule has 3 nitrogen and oxygen atoms in total. The topological polar surface area (TPSA) is 29.5 Å². The maximum Gasteiger partial charge on any atom is 0.312 e. The van der Waals surface area contributed by atoms with Crippen molar-refractivity contribution in [3.05, 3.63) is 42.5 Å². The van der Waals surface area contributed by atoms with Crippen LogP contribution < -0.4 is 4.90 Å². The quantitative estimate of drug-likeness (QED) is 0.608. The van der Waals surface area contributed by atoms with Crippen molar-refractivity contribution >= 4 is 24.1 Å². The summed E-state index contributed by atoms with van der Waals surface area (Å²) in [5.74, 6) is -0.434. The molecule has 0 saturated heterocycles. The lowest BCUT2D eigenvalue weighted by molar-refractivity contribution is -0.141. The van der Waals surface area contributed by atoms with E-state index in [4.69, 9.17) is 4.74 Å². The zero-order chi connectivity index (χ0) is 12.8. The van der Waals surface area contributed by atoms with E-state index in [1.54, 1.807) is 0 Å². The average molecular weight is 270 g/mol. The first-order chi connectivity index (χ1) is 8.10. The number of benzene rings is 1. The standard InChI is InChI=1S/C14H19NO2.ClH/c1-5-10-15(3)13-8-6-12(7-9-13)11(2)14(16)17-4;/h5-9,11H,1,10H2,2-4H3;1H. The predicted octanol–water partition coefficient (Wildman–Crippen LogP) is 3.01. The number of carbonyl (C=O) groups excluding carboxylic acids is 1. The minimum atomic E-state index is -0.223. The summed E-state index contributed by atoms with van der Waals surface area (Å²) in [5, 5.41) is 0. The van der Waals surface area contributed by atoms with E-state index in [0.717, 1.165) is 17.8 Å². The van der Waals surface area contributed by atoms with Gasteiger partial charge in [0, 0.05) is 19.3 Å². The summed E-state index contributed by atoms with van der Waals surface area (Å²) in [7, 11) is 3.41. The number of methoxy groups -OCH3 is 1. The Morgan fingerprint density at radius 1 is 1.44 bits per heavy atom. The largest absolute Gasteiger partial charge is 0.469 e. The number of carbonyl (C=O) groups is 1. The summed E-state index contributed by atoms with van der Waals surface area (Å²) in [6.07, 6.45) is 1.85. The van der Waals surface area contributed by atoms with Crippen LogP contribution in [0.5, 0.6) is 0 Å². The van der Waals surface area contributed by atoms with Crippen molar-refractivity contribution in [3.8, 4) is 0 Å². The highest BCUT2D eigenvalue weighted by atomic mass is 35.5. The number of rotatable bonds is 5. The highest BCUT2D eigenvalue weighted by Crippen LogP contribution is 2.20. The Morgan fingerprint density at radius 3 is 2.44 bits per heavy atom. The molecule has 0 aliphatic heterocycles. The Balaban J connectivity index is 0.00000289. The Morgan fingerprint density at radius 2 is 2.00 bits per heavy atom. The molecule has 1 rings (SSSR count). The molecule has 1 aromatic carbocycles. The number of halogens is 1.